The Morgan fingerprint density at radius 3 is 2.44 bits per heavy atom. The Morgan fingerprint density at radius 2 is 1.78 bits per heavy atom. The number of rotatable bonds is 3. The van der Waals surface area contributed by atoms with Gasteiger partial charge in [-0.2, -0.15) is 0 Å². The zero-order valence-electron chi connectivity index (χ0n) is 11.7. The van der Waals surface area contributed by atoms with E-state index in [-0.39, 0.29) is 0 Å². The third-order valence-corrected chi connectivity index (χ3v) is 5.50. The van der Waals surface area contributed by atoms with Crippen LogP contribution in [0, 0.1) is 29.6 Å². The van der Waals surface area contributed by atoms with Crippen molar-refractivity contribution in [3.05, 3.63) is 35.9 Å². The maximum Gasteiger partial charge on any atom is 0.0720 e. The molecule has 2 aliphatic carbocycles. The van der Waals surface area contributed by atoms with E-state index >= 15 is 0 Å². The number of benzene rings is 1. The Bertz CT molecular complexity index is 399. The normalized spacial score (nSPS) is 42.4. The molecule has 0 spiro atoms. The molecule has 3 rings (SSSR count). The lowest BCUT2D eigenvalue weighted by molar-refractivity contribution is 0.00229. The highest BCUT2D eigenvalue weighted by atomic mass is 16.5. The molecule has 0 radical (unpaired) electrons. The summed E-state index contributed by atoms with van der Waals surface area (Å²) >= 11 is 0. The number of ether oxygens (including phenoxy) is 1. The Hall–Kier alpha value is -0.820. The lowest BCUT2D eigenvalue weighted by atomic mass is 9.77. The molecule has 2 fully saturated rings. The number of hydrogen-bond donors (Lipinski definition) is 0. The second kappa shape index (κ2) is 4.70. The average Bonchev–Trinajstić information content (AvgIpc) is 2.82. The van der Waals surface area contributed by atoms with Crippen LogP contribution in [0.4, 0.5) is 0 Å². The molecule has 6 atom stereocenters. The summed E-state index contributed by atoms with van der Waals surface area (Å²) in [6.07, 6.45) is 1.88. The SMILES string of the molecule is C[C@@H]1CC2C(OCc3ccccc3)C1[C@H](C)[C@H]2C. The molecule has 18 heavy (non-hydrogen) atoms. The molecule has 98 valence electrons. The minimum atomic E-state index is 0.505. The molecule has 3 unspecified atom stereocenters. The van der Waals surface area contributed by atoms with Gasteiger partial charge in [-0.25, -0.2) is 0 Å². The largest absolute Gasteiger partial charge is 0.373 e. The van der Waals surface area contributed by atoms with E-state index in [4.69, 9.17) is 4.74 Å². The van der Waals surface area contributed by atoms with Crippen LogP contribution < -0.4 is 0 Å². The van der Waals surface area contributed by atoms with E-state index in [9.17, 15) is 0 Å². The van der Waals surface area contributed by atoms with Gasteiger partial charge < -0.3 is 4.74 Å². The van der Waals surface area contributed by atoms with Crippen molar-refractivity contribution >= 4 is 0 Å². The van der Waals surface area contributed by atoms with Gasteiger partial charge in [0.05, 0.1) is 12.7 Å². The fourth-order valence-corrected chi connectivity index (χ4v) is 4.40. The minimum Gasteiger partial charge on any atom is -0.373 e. The van der Waals surface area contributed by atoms with E-state index in [0.29, 0.717) is 6.10 Å². The molecule has 1 aromatic rings. The van der Waals surface area contributed by atoms with Gasteiger partial charge in [0.25, 0.3) is 0 Å². The molecule has 0 saturated heterocycles. The average molecular weight is 244 g/mol. The molecule has 2 aliphatic rings. The third-order valence-electron chi connectivity index (χ3n) is 5.50. The van der Waals surface area contributed by atoms with Crippen LogP contribution in [0.1, 0.15) is 32.8 Å². The molecule has 2 saturated carbocycles. The van der Waals surface area contributed by atoms with Gasteiger partial charge in [0.15, 0.2) is 0 Å². The van der Waals surface area contributed by atoms with Crippen molar-refractivity contribution < 1.29 is 4.74 Å². The summed E-state index contributed by atoms with van der Waals surface area (Å²) in [5.41, 5.74) is 1.30. The lowest BCUT2D eigenvalue weighted by Crippen LogP contribution is -2.23. The minimum absolute atomic E-state index is 0.505. The van der Waals surface area contributed by atoms with Crippen LogP contribution in [0.25, 0.3) is 0 Å². The van der Waals surface area contributed by atoms with Gasteiger partial charge in [0.2, 0.25) is 0 Å². The predicted octanol–water partition coefficient (Wildman–Crippen LogP) is 4.13. The van der Waals surface area contributed by atoms with E-state index in [1.54, 1.807) is 0 Å². The molecule has 1 nitrogen and oxygen atoms in total. The van der Waals surface area contributed by atoms with Crippen molar-refractivity contribution in [2.24, 2.45) is 29.6 Å². The molecule has 1 heteroatoms. The summed E-state index contributed by atoms with van der Waals surface area (Å²) < 4.78 is 6.29. The summed E-state index contributed by atoms with van der Waals surface area (Å²) in [5.74, 6) is 4.10. The van der Waals surface area contributed by atoms with Crippen LogP contribution in [0.5, 0.6) is 0 Å². The first-order valence-electron chi connectivity index (χ1n) is 7.34. The van der Waals surface area contributed by atoms with Crippen LogP contribution in [-0.2, 0) is 11.3 Å². The Morgan fingerprint density at radius 1 is 1.06 bits per heavy atom. The van der Waals surface area contributed by atoms with E-state index in [1.165, 1.54) is 12.0 Å². The Balaban J connectivity index is 1.67. The first-order valence-corrected chi connectivity index (χ1v) is 7.34. The summed E-state index contributed by atoms with van der Waals surface area (Å²) in [6, 6.07) is 10.6. The van der Waals surface area contributed by atoms with Gasteiger partial charge in [-0.3, -0.25) is 0 Å². The van der Waals surface area contributed by atoms with Crippen molar-refractivity contribution in [3.63, 3.8) is 0 Å². The van der Waals surface area contributed by atoms with E-state index in [1.807, 2.05) is 0 Å². The van der Waals surface area contributed by atoms with Gasteiger partial charge in [-0.15, -0.1) is 0 Å². The van der Waals surface area contributed by atoms with E-state index in [0.717, 1.165) is 36.2 Å². The van der Waals surface area contributed by atoms with Gasteiger partial charge >= 0.3 is 0 Å². The van der Waals surface area contributed by atoms with Crippen molar-refractivity contribution in [2.45, 2.75) is 39.9 Å². The Labute approximate surface area is 111 Å². The molecular weight excluding hydrogens is 220 g/mol. The maximum absolute atomic E-state index is 6.29. The summed E-state index contributed by atoms with van der Waals surface area (Å²) in [4.78, 5) is 0. The predicted molar refractivity (Wildman–Crippen MR) is 74.1 cm³/mol. The smallest absolute Gasteiger partial charge is 0.0720 e. The van der Waals surface area contributed by atoms with Crippen LogP contribution in [0.3, 0.4) is 0 Å². The van der Waals surface area contributed by atoms with Crippen molar-refractivity contribution in [1.29, 1.82) is 0 Å². The summed E-state index contributed by atoms with van der Waals surface area (Å²) in [6.45, 7) is 8.03. The van der Waals surface area contributed by atoms with Gasteiger partial charge in [0.1, 0.15) is 0 Å². The van der Waals surface area contributed by atoms with Crippen molar-refractivity contribution in [3.8, 4) is 0 Å². The van der Waals surface area contributed by atoms with Gasteiger partial charge in [0, 0.05) is 0 Å². The Kier molecular flexibility index (Phi) is 3.19. The van der Waals surface area contributed by atoms with E-state index in [2.05, 4.69) is 51.1 Å². The highest BCUT2D eigenvalue weighted by Gasteiger charge is 2.54. The fourth-order valence-electron chi connectivity index (χ4n) is 4.40. The molecule has 0 amide bonds. The second-order valence-electron chi connectivity index (χ2n) is 6.43. The number of hydrogen-bond acceptors (Lipinski definition) is 1. The first-order chi connectivity index (χ1) is 8.68. The summed E-state index contributed by atoms with van der Waals surface area (Å²) in [7, 11) is 0. The lowest BCUT2D eigenvalue weighted by Gasteiger charge is -2.28. The second-order valence-corrected chi connectivity index (χ2v) is 6.43. The quantitative estimate of drug-likeness (QED) is 0.777. The van der Waals surface area contributed by atoms with Gasteiger partial charge in [-0.1, -0.05) is 51.1 Å². The topological polar surface area (TPSA) is 9.23 Å². The molecular formula is C17H24O. The molecule has 0 aromatic heterocycles. The third kappa shape index (κ3) is 1.89. The molecule has 1 aromatic carbocycles. The van der Waals surface area contributed by atoms with Gasteiger partial charge in [-0.05, 0) is 41.6 Å². The zero-order valence-corrected chi connectivity index (χ0v) is 11.7. The molecule has 0 heterocycles. The summed E-state index contributed by atoms with van der Waals surface area (Å²) in [5, 5.41) is 0. The van der Waals surface area contributed by atoms with Crippen molar-refractivity contribution in [2.75, 3.05) is 0 Å². The highest BCUT2D eigenvalue weighted by molar-refractivity contribution is 5.14. The fraction of sp³-hybridized carbons (Fsp3) is 0.647. The number of fused-ring (bicyclic) bond motifs is 2. The van der Waals surface area contributed by atoms with Crippen LogP contribution >= 0.6 is 0 Å². The standard InChI is InChI=1S/C17H24O/c1-11-9-15-12(2)13(3)16(11)17(15)18-10-14-7-5-4-6-8-14/h4-8,11-13,15-17H,9-10H2,1-3H3/t11-,12-,13-,15?,16?,17?/m1/s1. The zero-order chi connectivity index (χ0) is 12.7. The molecule has 0 aliphatic heterocycles. The van der Waals surface area contributed by atoms with Crippen LogP contribution in [0.15, 0.2) is 30.3 Å². The maximum atomic E-state index is 6.29. The van der Waals surface area contributed by atoms with Crippen LogP contribution in [-0.4, -0.2) is 6.10 Å². The van der Waals surface area contributed by atoms with Crippen LogP contribution in [0.2, 0.25) is 0 Å². The monoisotopic (exact) mass is 244 g/mol. The van der Waals surface area contributed by atoms with E-state index < -0.39 is 0 Å². The molecule has 0 N–H and O–H groups in total. The highest BCUT2D eigenvalue weighted by Crippen LogP contribution is 2.56. The first kappa shape index (κ1) is 12.2. The molecule has 2 bridgehead atoms. The van der Waals surface area contributed by atoms with Crippen molar-refractivity contribution in [1.82, 2.24) is 0 Å².